The Kier molecular flexibility index (Phi) is 3.34. The molecule has 1 aliphatic heterocycles. The molecule has 2 nitrogen and oxygen atoms in total. The molecule has 0 amide bonds. The van der Waals surface area contributed by atoms with Crippen LogP contribution in [0, 0.1) is 12.7 Å². The summed E-state index contributed by atoms with van der Waals surface area (Å²) >= 11 is 3.37. The van der Waals surface area contributed by atoms with Crippen molar-refractivity contribution in [2.24, 2.45) is 0 Å². The number of carbonyl (C=O) groups is 1. The van der Waals surface area contributed by atoms with Gasteiger partial charge in [-0.05, 0) is 48.4 Å². The van der Waals surface area contributed by atoms with Gasteiger partial charge in [-0.3, -0.25) is 4.79 Å². The Morgan fingerprint density at radius 3 is 2.80 bits per heavy atom. The van der Waals surface area contributed by atoms with E-state index >= 15 is 0 Å². The maximum Gasteiger partial charge on any atom is 0.170 e. The highest BCUT2D eigenvalue weighted by Crippen LogP contribution is 2.37. The van der Waals surface area contributed by atoms with E-state index in [9.17, 15) is 9.18 Å². The zero-order chi connectivity index (χ0) is 14.3. The van der Waals surface area contributed by atoms with E-state index in [2.05, 4.69) is 15.9 Å². The number of hydrogen-bond acceptors (Lipinski definition) is 2. The van der Waals surface area contributed by atoms with Gasteiger partial charge in [0.05, 0.1) is 12.0 Å². The molecule has 1 unspecified atom stereocenters. The molecular formula is C16H12BrFO2. The normalized spacial score (nSPS) is 17.6. The van der Waals surface area contributed by atoms with Crippen LogP contribution >= 0.6 is 15.9 Å². The SMILES string of the molecule is Cc1cc(F)ccc1C1CC(=O)c2ccc(Br)cc2O1. The molecule has 1 heterocycles. The van der Waals surface area contributed by atoms with E-state index in [-0.39, 0.29) is 24.1 Å². The zero-order valence-electron chi connectivity index (χ0n) is 10.8. The van der Waals surface area contributed by atoms with Crippen LogP contribution in [0.15, 0.2) is 40.9 Å². The third-order valence-electron chi connectivity index (χ3n) is 3.46. The number of benzene rings is 2. The van der Waals surface area contributed by atoms with Crippen LogP contribution in [0.3, 0.4) is 0 Å². The molecule has 3 rings (SSSR count). The molecule has 1 atom stereocenters. The molecule has 102 valence electrons. The van der Waals surface area contributed by atoms with E-state index in [1.165, 1.54) is 12.1 Å². The fraction of sp³-hybridized carbons (Fsp3) is 0.188. The Balaban J connectivity index is 2.00. The fourth-order valence-electron chi connectivity index (χ4n) is 2.47. The van der Waals surface area contributed by atoms with Gasteiger partial charge in [0.25, 0.3) is 0 Å². The van der Waals surface area contributed by atoms with Crippen molar-refractivity contribution in [2.45, 2.75) is 19.4 Å². The fourth-order valence-corrected chi connectivity index (χ4v) is 2.81. The van der Waals surface area contributed by atoms with Gasteiger partial charge in [-0.15, -0.1) is 0 Å². The van der Waals surface area contributed by atoms with Gasteiger partial charge in [0.2, 0.25) is 0 Å². The molecule has 0 aromatic heterocycles. The minimum absolute atomic E-state index is 0.0486. The number of carbonyl (C=O) groups excluding carboxylic acids is 1. The summed E-state index contributed by atoms with van der Waals surface area (Å²) in [6, 6.07) is 9.91. The quantitative estimate of drug-likeness (QED) is 0.761. The molecule has 0 N–H and O–H groups in total. The first-order chi connectivity index (χ1) is 9.54. The molecular weight excluding hydrogens is 323 g/mol. The van der Waals surface area contributed by atoms with Crippen molar-refractivity contribution in [3.05, 3.63) is 63.4 Å². The summed E-state index contributed by atoms with van der Waals surface area (Å²) < 4.78 is 19.9. The summed E-state index contributed by atoms with van der Waals surface area (Å²) in [7, 11) is 0. The topological polar surface area (TPSA) is 26.3 Å². The monoisotopic (exact) mass is 334 g/mol. The van der Waals surface area contributed by atoms with Gasteiger partial charge in [0.1, 0.15) is 17.7 Å². The summed E-state index contributed by atoms with van der Waals surface area (Å²) in [5, 5.41) is 0. The van der Waals surface area contributed by atoms with Crippen LogP contribution < -0.4 is 4.74 Å². The van der Waals surface area contributed by atoms with Gasteiger partial charge in [-0.25, -0.2) is 4.39 Å². The summed E-state index contributed by atoms with van der Waals surface area (Å²) in [6.45, 7) is 1.82. The highest BCUT2D eigenvalue weighted by molar-refractivity contribution is 9.10. The van der Waals surface area contributed by atoms with Gasteiger partial charge in [-0.2, -0.15) is 0 Å². The molecule has 2 aromatic rings. The lowest BCUT2D eigenvalue weighted by Gasteiger charge is -2.26. The van der Waals surface area contributed by atoms with Crippen molar-refractivity contribution < 1.29 is 13.9 Å². The Hall–Kier alpha value is -1.68. The number of aryl methyl sites for hydroxylation is 1. The van der Waals surface area contributed by atoms with Crippen LogP contribution in [0.2, 0.25) is 0 Å². The minimum atomic E-state index is -0.357. The van der Waals surface area contributed by atoms with Crippen LogP contribution in [-0.4, -0.2) is 5.78 Å². The number of ether oxygens (including phenoxy) is 1. The van der Waals surface area contributed by atoms with Crippen molar-refractivity contribution in [1.29, 1.82) is 0 Å². The molecule has 0 saturated carbocycles. The molecule has 2 aromatic carbocycles. The first kappa shape index (κ1) is 13.3. The average molecular weight is 335 g/mol. The van der Waals surface area contributed by atoms with E-state index in [4.69, 9.17) is 4.74 Å². The summed E-state index contributed by atoms with van der Waals surface area (Å²) in [4.78, 5) is 12.2. The molecule has 1 aliphatic rings. The Morgan fingerprint density at radius 2 is 2.05 bits per heavy atom. The molecule has 0 saturated heterocycles. The predicted molar refractivity (Wildman–Crippen MR) is 77.6 cm³/mol. The van der Waals surface area contributed by atoms with Crippen molar-refractivity contribution in [2.75, 3.05) is 0 Å². The molecule has 0 fully saturated rings. The molecule has 0 radical (unpaired) electrons. The van der Waals surface area contributed by atoms with Crippen molar-refractivity contribution in [1.82, 2.24) is 0 Å². The van der Waals surface area contributed by atoms with Gasteiger partial charge >= 0.3 is 0 Å². The second-order valence-electron chi connectivity index (χ2n) is 4.88. The van der Waals surface area contributed by atoms with Crippen molar-refractivity contribution in [3.63, 3.8) is 0 Å². The first-order valence-corrected chi connectivity index (χ1v) is 7.09. The number of ketones is 1. The number of halogens is 2. The van der Waals surface area contributed by atoms with Gasteiger partial charge in [0.15, 0.2) is 5.78 Å². The largest absolute Gasteiger partial charge is 0.484 e. The van der Waals surface area contributed by atoms with Crippen LogP contribution in [0.25, 0.3) is 0 Å². The van der Waals surface area contributed by atoms with Crippen molar-refractivity contribution >= 4 is 21.7 Å². The predicted octanol–water partition coefficient (Wildman–Crippen LogP) is 4.60. The van der Waals surface area contributed by atoms with Gasteiger partial charge < -0.3 is 4.74 Å². The second kappa shape index (κ2) is 5.02. The van der Waals surface area contributed by atoms with Crippen LogP contribution in [0.5, 0.6) is 5.75 Å². The maximum absolute atomic E-state index is 13.2. The zero-order valence-corrected chi connectivity index (χ0v) is 12.4. The van der Waals surface area contributed by atoms with E-state index < -0.39 is 0 Å². The number of Topliss-reactive ketones (excluding diaryl/α,β-unsaturated/α-hetero) is 1. The standard InChI is InChI=1S/C16H12BrFO2/c1-9-6-11(18)3-5-12(9)16-8-14(19)13-4-2-10(17)7-15(13)20-16/h2-7,16H,8H2,1H3. The highest BCUT2D eigenvalue weighted by atomic mass is 79.9. The number of fused-ring (bicyclic) bond motifs is 1. The molecule has 0 aliphatic carbocycles. The summed E-state index contributed by atoms with van der Waals surface area (Å²) in [5.41, 5.74) is 2.25. The Labute approximate surface area is 124 Å². The lowest BCUT2D eigenvalue weighted by molar-refractivity contribution is 0.0849. The second-order valence-corrected chi connectivity index (χ2v) is 5.79. The lowest BCUT2D eigenvalue weighted by Crippen LogP contribution is -2.21. The highest BCUT2D eigenvalue weighted by Gasteiger charge is 2.28. The average Bonchev–Trinajstić information content (AvgIpc) is 2.37. The number of rotatable bonds is 1. The molecule has 4 heteroatoms. The van der Waals surface area contributed by atoms with E-state index in [1.54, 1.807) is 18.2 Å². The minimum Gasteiger partial charge on any atom is -0.484 e. The third kappa shape index (κ3) is 2.36. The van der Waals surface area contributed by atoms with Crippen LogP contribution in [-0.2, 0) is 0 Å². The summed E-state index contributed by atoms with van der Waals surface area (Å²) in [5.74, 6) is 0.341. The third-order valence-corrected chi connectivity index (χ3v) is 3.96. The maximum atomic E-state index is 13.2. The number of hydrogen-bond donors (Lipinski definition) is 0. The van der Waals surface area contributed by atoms with E-state index in [0.29, 0.717) is 11.3 Å². The van der Waals surface area contributed by atoms with Crippen LogP contribution in [0.1, 0.15) is 34.0 Å². The Bertz CT molecular complexity index is 697. The van der Waals surface area contributed by atoms with Crippen LogP contribution in [0.4, 0.5) is 4.39 Å². The summed E-state index contributed by atoms with van der Waals surface area (Å²) in [6.07, 6.45) is -0.0777. The van der Waals surface area contributed by atoms with Crippen molar-refractivity contribution in [3.8, 4) is 5.75 Å². The van der Waals surface area contributed by atoms with E-state index in [0.717, 1.165) is 15.6 Å². The molecule has 0 bridgehead atoms. The first-order valence-electron chi connectivity index (χ1n) is 6.30. The lowest BCUT2D eigenvalue weighted by atomic mass is 9.94. The van der Waals surface area contributed by atoms with E-state index in [1.807, 2.05) is 13.0 Å². The van der Waals surface area contributed by atoms with Gasteiger partial charge in [-0.1, -0.05) is 22.0 Å². The molecule has 20 heavy (non-hydrogen) atoms. The van der Waals surface area contributed by atoms with Gasteiger partial charge in [0, 0.05) is 4.47 Å². The molecule has 0 spiro atoms. The smallest absolute Gasteiger partial charge is 0.170 e. The Morgan fingerprint density at radius 1 is 1.25 bits per heavy atom.